The molecule has 0 radical (unpaired) electrons. The first-order valence-electron chi connectivity index (χ1n) is 8.06. The van der Waals surface area contributed by atoms with Gasteiger partial charge in [0.05, 0.1) is 11.8 Å². The van der Waals surface area contributed by atoms with E-state index >= 15 is 0 Å². The van der Waals surface area contributed by atoms with E-state index in [0.29, 0.717) is 16.7 Å². The van der Waals surface area contributed by atoms with Gasteiger partial charge in [0.2, 0.25) is 0 Å². The Morgan fingerprint density at radius 3 is 2.96 bits per heavy atom. The van der Waals surface area contributed by atoms with Crippen molar-refractivity contribution in [3.05, 3.63) is 57.3 Å². The number of aromatic nitrogens is 2. The summed E-state index contributed by atoms with van der Waals surface area (Å²) in [6.45, 7) is 3.87. The fourth-order valence-electron chi connectivity index (χ4n) is 2.61. The number of rotatable bonds is 7. The molecule has 1 N–H and O–H groups in total. The van der Waals surface area contributed by atoms with Crippen molar-refractivity contribution in [2.75, 3.05) is 13.1 Å². The van der Waals surface area contributed by atoms with Crippen LogP contribution < -0.4 is 15.6 Å². The van der Waals surface area contributed by atoms with Gasteiger partial charge in [0.25, 0.3) is 5.56 Å². The predicted octanol–water partition coefficient (Wildman–Crippen LogP) is 3.11. The van der Waals surface area contributed by atoms with Gasteiger partial charge in [-0.25, -0.2) is 4.98 Å². The highest BCUT2D eigenvalue weighted by Crippen LogP contribution is 2.30. The second-order valence-electron chi connectivity index (χ2n) is 5.58. The Labute approximate surface area is 144 Å². The molecule has 0 fully saturated rings. The highest BCUT2D eigenvalue weighted by molar-refractivity contribution is 7.10. The van der Waals surface area contributed by atoms with E-state index in [-0.39, 0.29) is 11.7 Å². The van der Waals surface area contributed by atoms with Gasteiger partial charge in [-0.3, -0.25) is 4.79 Å². The molecule has 1 aromatic carbocycles. The smallest absolute Gasteiger partial charge is 0.264 e. The third-order valence-electron chi connectivity index (χ3n) is 3.87. The summed E-state index contributed by atoms with van der Waals surface area (Å²) in [4.78, 5) is 18.0. The fourth-order valence-corrected chi connectivity index (χ4v) is 3.40. The van der Waals surface area contributed by atoms with E-state index in [4.69, 9.17) is 4.74 Å². The average molecular weight is 343 g/mol. The van der Waals surface area contributed by atoms with Gasteiger partial charge in [-0.1, -0.05) is 19.1 Å². The van der Waals surface area contributed by atoms with E-state index in [0.717, 1.165) is 24.4 Å². The topological polar surface area (TPSA) is 56.1 Å². The van der Waals surface area contributed by atoms with Gasteiger partial charge in [-0.15, -0.1) is 11.3 Å². The zero-order valence-electron chi connectivity index (χ0n) is 13.9. The van der Waals surface area contributed by atoms with Crippen LogP contribution in [0.15, 0.2) is 46.8 Å². The molecule has 0 amide bonds. The van der Waals surface area contributed by atoms with Crippen molar-refractivity contribution < 1.29 is 4.74 Å². The van der Waals surface area contributed by atoms with Crippen LogP contribution in [0.3, 0.4) is 0 Å². The number of benzene rings is 1. The van der Waals surface area contributed by atoms with Crippen LogP contribution in [0.2, 0.25) is 0 Å². The van der Waals surface area contributed by atoms with E-state index in [1.54, 1.807) is 18.4 Å². The van der Waals surface area contributed by atoms with Gasteiger partial charge >= 0.3 is 0 Å². The number of nitrogens with one attached hydrogen (secondary N) is 1. The molecule has 0 aliphatic rings. The van der Waals surface area contributed by atoms with E-state index < -0.39 is 0 Å². The molecule has 3 aromatic rings. The molecule has 0 spiro atoms. The van der Waals surface area contributed by atoms with E-state index in [1.807, 2.05) is 29.6 Å². The highest BCUT2D eigenvalue weighted by atomic mass is 32.1. The molecule has 1 unspecified atom stereocenters. The lowest BCUT2D eigenvalue weighted by molar-refractivity contribution is 0.200. The van der Waals surface area contributed by atoms with Gasteiger partial charge < -0.3 is 14.6 Å². The van der Waals surface area contributed by atoms with Crippen LogP contribution in [0.4, 0.5) is 0 Å². The van der Waals surface area contributed by atoms with Crippen LogP contribution in [0.5, 0.6) is 5.75 Å². The summed E-state index contributed by atoms with van der Waals surface area (Å²) in [5.74, 6) is 0.594. The summed E-state index contributed by atoms with van der Waals surface area (Å²) in [6.07, 6.45) is 2.29. The largest absolute Gasteiger partial charge is 0.484 e. The number of aryl methyl sites for hydroxylation is 1. The van der Waals surface area contributed by atoms with Crippen LogP contribution in [0.1, 0.15) is 24.3 Å². The minimum atomic E-state index is -0.0905. The molecule has 2 heterocycles. The number of hydrogen-bond donors (Lipinski definition) is 1. The summed E-state index contributed by atoms with van der Waals surface area (Å²) in [5, 5.41) is 5.91. The van der Waals surface area contributed by atoms with Crippen molar-refractivity contribution in [2.24, 2.45) is 7.05 Å². The molecular formula is C18H21N3O2S. The Hall–Kier alpha value is -2.18. The summed E-state index contributed by atoms with van der Waals surface area (Å²) in [6, 6.07) is 9.65. The van der Waals surface area contributed by atoms with Gasteiger partial charge in [-0.2, -0.15) is 0 Å². The zero-order chi connectivity index (χ0) is 16.9. The van der Waals surface area contributed by atoms with Crippen LogP contribution >= 0.6 is 11.3 Å². The average Bonchev–Trinajstić information content (AvgIpc) is 3.12. The molecule has 6 heteroatoms. The standard InChI is InChI=1S/C18H21N3O2S/c1-3-19-10-9-14(16-8-5-11-24-16)23-15-7-4-6-13-17(15)18(22)21(2)12-20-13/h4-8,11-12,14,19H,3,9-10H2,1-2H3. The third-order valence-corrected chi connectivity index (χ3v) is 4.84. The van der Waals surface area contributed by atoms with Gasteiger partial charge in [0, 0.05) is 18.3 Å². The molecule has 24 heavy (non-hydrogen) atoms. The van der Waals surface area contributed by atoms with Crippen molar-refractivity contribution in [3.63, 3.8) is 0 Å². The maximum absolute atomic E-state index is 12.5. The molecular weight excluding hydrogens is 322 g/mol. The second kappa shape index (κ2) is 7.59. The van der Waals surface area contributed by atoms with Crippen molar-refractivity contribution in [1.29, 1.82) is 0 Å². The molecule has 0 aliphatic heterocycles. The molecule has 5 nitrogen and oxygen atoms in total. The Bertz CT molecular complexity index is 858. The SMILES string of the molecule is CCNCCC(Oc1cccc2ncn(C)c(=O)c12)c1cccs1. The summed E-state index contributed by atoms with van der Waals surface area (Å²) in [5.41, 5.74) is 0.569. The normalized spacial score (nSPS) is 12.4. The summed E-state index contributed by atoms with van der Waals surface area (Å²) < 4.78 is 7.75. The quantitative estimate of drug-likeness (QED) is 0.670. The lowest BCUT2D eigenvalue weighted by Gasteiger charge is -2.19. The zero-order valence-corrected chi connectivity index (χ0v) is 14.7. The van der Waals surface area contributed by atoms with Crippen LogP contribution in [0.25, 0.3) is 10.9 Å². The van der Waals surface area contributed by atoms with Crippen molar-refractivity contribution in [2.45, 2.75) is 19.4 Å². The Kier molecular flexibility index (Phi) is 5.27. The Morgan fingerprint density at radius 1 is 1.33 bits per heavy atom. The minimum Gasteiger partial charge on any atom is -0.484 e. The van der Waals surface area contributed by atoms with Gasteiger partial charge in [0.1, 0.15) is 17.2 Å². The van der Waals surface area contributed by atoms with E-state index in [1.165, 1.54) is 10.9 Å². The highest BCUT2D eigenvalue weighted by Gasteiger charge is 2.17. The van der Waals surface area contributed by atoms with Crippen molar-refractivity contribution in [3.8, 4) is 5.75 Å². The van der Waals surface area contributed by atoms with E-state index in [9.17, 15) is 4.79 Å². The molecule has 0 bridgehead atoms. The Morgan fingerprint density at radius 2 is 2.21 bits per heavy atom. The third kappa shape index (κ3) is 3.49. The first-order valence-corrected chi connectivity index (χ1v) is 8.93. The number of ether oxygens (including phenoxy) is 1. The lowest BCUT2D eigenvalue weighted by atomic mass is 10.2. The van der Waals surface area contributed by atoms with Crippen LogP contribution in [-0.2, 0) is 7.05 Å². The molecule has 0 saturated heterocycles. The minimum absolute atomic E-state index is 0.0837. The molecule has 3 rings (SSSR count). The number of fused-ring (bicyclic) bond motifs is 1. The molecule has 126 valence electrons. The number of thiophene rings is 1. The van der Waals surface area contributed by atoms with E-state index in [2.05, 4.69) is 23.3 Å². The van der Waals surface area contributed by atoms with Crippen LogP contribution in [-0.4, -0.2) is 22.6 Å². The first-order chi connectivity index (χ1) is 11.7. The molecule has 0 saturated carbocycles. The maximum Gasteiger partial charge on any atom is 0.264 e. The molecule has 1 atom stereocenters. The van der Waals surface area contributed by atoms with Gasteiger partial charge in [0.15, 0.2) is 0 Å². The molecule has 0 aliphatic carbocycles. The first kappa shape index (κ1) is 16.7. The fraction of sp³-hybridized carbons (Fsp3) is 0.333. The lowest BCUT2D eigenvalue weighted by Crippen LogP contribution is -2.21. The monoisotopic (exact) mass is 343 g/mol. The maximum atomic E-state index is 12.5. The van der Waals surface area contributed by atoms with Gasteiger partial charge in [-0.05, 0) is 36.7 Å². The summed E-state index contributed by atoms with van der Waals surface area (Å²) >= 11 is 1.67. The predicted molar refractivity (Wildman–Crippen MR) is 97.8 cm³/mol. The number of nitrogens with zero attached hydrogens (tertiary/aromatic N) is 2. The van der Waals surface area contributed by atoms with Crippen molar-refractivity contribution >= 4 is 22.2 Å². The molecule has 2 aromatic heterocycles. The number of hydrogen-bond acceptors (Lipinski definition) is 5. The second-order valence-corrected chi connectivity index (χ2v) is 6.55. The van der Waals surface area contributed by atoms with Crippen molar-refractivity contribution in [1.82, 2.24) is 14.9 Å². The Balaban J connectivity index is 1.96. The summed E-state index contributed by atoms with van der Waals surface area (Å²) in [7, 11) is 1.70. The van der Waals surface area contributed by atoms with Crippen LogP contribution in [0, 0.1) is 0 Å².